The highest BCUT2D eigenvalue weighted by Gasteiger charge is 2.52. The van der Waals surface area contributed by atoms with Crippen molar-refractivity contribution >= 4 is 78.5 Å². The normalized spacial score (nSPS) is 15.8. The Morgan fingerprint density at radius 1 is 0.649 bits per heavy atom. The maximum Gasteiger partial charge on any atom is 0.494 e. The third-order valence-corrected chi connectivity index (χ3v) is 14.8. The zero-order valence-corrected chi connectivity index (χ0v) is 46.2. The molecule has 2 aromatic heterocycles. The van der Waals surface area contributed by atoms with Crippen molar-refractivity contribution in [3.63, 3.8) is 0 Å². The molecule has 0 unspecified atom stereocenters. The summed E-state index contributed by atoms with van der Waals surface area (Å²) in [7, 11) is -0.376. The first-order valence-corrected chi connectivity index (χ1v) is 26.5. The second-order valence-electron chi connectivity index (χ2n) is 20.6. The minimum atomic E-state index is -0.496. The summed E-state index contributed by atoms with van der Waals surface area (Å²) in [6.45, 7) is 20.0. The van der Waals surface area contributed by atoms with Gasteiger partial charge in [0.05, 0.1) is 68.0 Å². The zero-order valence-electron chi connectivity index (χ0n) is 43.0. The molecule has 4 aromatic carbocycles. The molecule has 6 aromatic rings. The molecule has 13 nitrogen and oxygen atoms in total. The van der Waals surface area contributed by atoms with Crippen molar-refractivity contribution in [2.24, 2.45) is 5.41 Å². The quantitative estimate of drug-likeness (QED) is 0.123. The topological polar surface area (TPSA) is 182 Å². The molecule has 0 bridgehead atoms. The van der Waals surface area contributed by atoms with E-state index in [0.29, 0.717) is 32.5 Å². The Morgan fingerprint density at radius 2 is 1.08 bits per heavy atom. The number of carbonyl (C=O) groups is 1. The Bertz CT molecular complexity index is 3170. The molecular formula is C60H72BBr2FN10O3. The van der Waals surface area contributed by atoms with Gasteiger partial charge in [-0.15, -0.1) is 0 Å². The lowest BCUT2D eigenvalue weighted by atomic mass is 9.78. The molecule has 4 saturated heterocycles. The first-order valence-electron chi connectivity index (χ1n) is 24.9. The van der Waals surface area contributed by atoms with Gasteiger partial charge in [-0.2, -0.15) is 21.0 Å². The van der Waals surface area contributed by atoms with Crippen molar-refractivity contribution in [1.29, 1.82) is 21.0 Å². The fourth-order valence-corrected chi connectivity index (χ4v) is 9.68. The molecule has 404 valence electrons. The van der Waals surface area contributed by atoms with Gasteiger partial charge < -0.3 is 29.0 Å². The van der Waals surface area contributed by atoms with Crippen molar-refractivity contribution in [2.75, 3.05) is 54.0 Å². The van der Waals surface area contributed by atoms with E-state index in [9.17, 15) is 19.7 Å². The number of anilines is 3. The molecule has 0 amide bonds. The number of hydrogen-bond donors (Lipinski definition) is 1. The highest BCUT2D eigenvalue weighted by molar-refractivity contribution is 9.10. The molecule has 0 atom stereocenters. The zero-order chi connectivity index (χ0) is 53.4. The van der Waals surface area contributed by atoms with Gasteiger partial charge in [-0.1, -0.05) is 87.0 Å². The molecule has 1 N–H and O–H groups in total. The lowest BCUT2D eigenvalue weighted by Gasteiger charge is -2.32. The molecular weight excluding hydrogens is 1100 g/mol. The number of aromatic nitrogens is 3. The maximum atomic E-state index is 12.8. The van der Waals surface area contributed by atoms with Gasteiger partial charge >= 0.3 is 7.12 Å². The van der Waals surface area contributed by atoms with Crippen LogP contribution in [0.2, 0.25) is 0 Å². The van der Waals surface area contributed by atoms with Crippen LogP contribution < -0.4 is 20.2 Å². The van der Waals surface area contributed by atoms with Crippen molar-refractivity contribution in [3.8, 4) is 35.5 Å². The van der Waals surface area contributed by atoms with Gasteiger partial charge in [-0.05, 0) is 132 Å². The van der Waals surface area contributed by atoms with Gasteiger partial charge in [-0.25, -0.2) is 14.4 Å². The van der Waals surface area contributed by atoms with Gasteiger partial charge in [0, 0.05) is 65.4 Å². The molecule has 4 aliphatic heterocycles. The van der Waals surface area contributed by atoms with E-state index in [1.807, 2.05) is 69.3 Å². The summed E-state index contributed by atoms with van der Waals surface area (Å²) < 4.78 is 26.5. The predicted molar refractivity (Wildman–Crippen MR) is 317 cm³/mol. The first-order chi connectivity index (χ1) is 35.3. The highest BCUT2D eigenvalue weighted by atomic mass is 79.9. The lowest BCUT2D eigenvalue weighted by molar-refractivity contribution is 0.00578. The molecule has 0 spiro atoms. The van der Waals surface area contributed by atoms with Crippen LogP contribution in [0.3, 0.4) is 0 Å². The van der Waals surface area contributed by atoms with Crippen LogP contribution >= 0.6 is 31.9 Å². The third kappa shape index (κ3) is 14.9. The van der Waals surface area contributed by atoms with Crippen LogP contribution in [0.1, 0.15) is 142 Å². The molecule has 0 saturated carbocycles. The molecule has 4 fully saturated rings. The second kappa shape index (κ2) is 27.1. The second-order valence-corrected chi connectivity index (χ2v) is 22.5. The maximum absolute atomic E-state index is 12.8. The number of ketones is 1. The van der Waals surface area contributed by atoms with Gasteiger partial charge in [0.15, 0.2) is 11.4 Å². The van der Waals surface area contributed by atoms with Crippen LogP contribution in [0.5, 0.6) is 0 Å². The largest absolute Gasteiger partial charge is 0.494 e. The predicted octanol–water partition coefficient (Wildman–Crippen LogP) is 14.1. The number of nitriles is 4. The van der Waals surface area contributed by atoms with E-state index in [-0.39, 0.29) is 51.9 Å². The minimum Gasteiger partial charge on any atom is -0.399 e. The number of Topliss-reactive ketones (excluding diaryl/α,β-unsaturated/α-hetero) is 1. The summed E-state index contributed by atoms with van der Waals surface area (Å²) in [5.41, 5.74) is 8.39. The third-order valence-electron chi connectivity index (χ3n) is 13.9. The summed E-state index contributed by atoms with van der Waals surface area (Å²) in [4.78, 5) is 31.8. The number of fused-ring (bicyclic) bond motifs is 1. The highest BCUT2D eigenvalue weighted by Crippen LogP contribution is 2.37. The van der Waals surface area contributed by atoms with E-state index in [2.05, 4.69) is 108 Å². The Balaban J connectivity index is 0.000000233. The monoisotopic (exact) mass is 1170 g/mol. The summed E-state index contributed by atoms with van der Waals surface area (Å²) in [5.74, 6) is -0.459. The van der Waals surface area contributed by atoms with E-state index in [0.717, 1.165) is 95.8 Å². The van der Waals surface area contributed by atoms with E-state index < -0.39 is 11.2 Å². The van der Waals surface area contributed by atoms with Crippen molar-refractivity contribution in [2.45, 2.75) is 120 Å². The molecule has 10 rings (SSSR count). The lowest BCUT2D eigenvalue weighted by Crippen LogP contribution is -2.41. The van der Waals surface area contributed by atoms with Crippen LogP contribution in [0, 0.1) is 56.6 Å². The van der Waals surface area contributed by atoms with Crippen molar-refractivity contribution < 1.29 is 18.5 Å². The van der Waals surface area contributed by atoms with Crippen LogP contribution in [-0.4, -0.2) is 78.3 Å². The molecule has 4 aliphatic rings. The van der Waals surface area contributed by atoms with E-state index in [4.69, 9.17) is 24.8 Å². The van der Waals surface area contributed by atoms with Gasteiger partial charge in [0.1, 0.15) is 35.6 Å². The standard InChI is InChI=1S/C22H23N5O.C17H23BN2O2.C11H11BrN2.C7H3BrFN.3CH4/c1-22(2,3)20(28)16-12-24-21-19(16)26-17(13-25-21)14-6-7-15(11-23)18(10-14)27-8-4-5-9-27;1-16(2)17(3,4)22-18(21-16)14-8-7-13(12-19)15(11-14)20-9-5-6-10-20;12-10-4-3-9(8-13)11(7-10)14-5-1-2-6-14;8-6-2-1-5(4-10)7(9)3-6;;;/h6-7,10,12-13H,4-5,8-9H2,1-3H3,(H,24,25);7-8,11H,5-6,9-10H2,1-4H3;3-4,7H,1-2,5-6H2;1-3H;3*1H4. The SMILES string of the molecule is C.C.C.CC(C)(C)C(=O)c1c[nH]c2ncc(-c3ccc(C#N)c(N4CCCC4)c3)nc12.CC1(C)OB(c2ccc(C#N)c(N3CCCC3)c2)OC1(C)C.N#Cc1ccc(Br)cc1F.N#Cc1ccc(Br)cc1N1CCCC1. The Hall–Kier alpha value is -6.60. The number of halogens is 3. The number of carbonyl (C=O) groups excluding carboxylic acids is 1. The average molecular weight is 1170 g/mol. The molecule has 0 radical (unpaired) electrons. The number of aromatic amines is 1. The smallest absolute Gasteiger partial charge is 0.399 e. The van der Waals surface area contributed by atoms with Crippen LogP contribution in [0.15, 0.2) is 94.1 Å². The van der Waals surface area contributed by atoms with Crippen LogP contribution in [-0.2, 0) is 9.31 Å². The van der Waals surface area contributed by atoms with Crippen molar-refractivity contribution in [1.82, 2.24) is 15.0 Å². The number of hydrogen-bond acceptors (Lipinski definition) is 12. The van der Waals surface area contributed by atoms with E-state index in [1.165, 1.54) is 37.8 Å². The number of nitrogens with zero attached hydrogens (tertiary/aromatic N) is 9. The van der Waals surface area contributed by atoms with E-state index >= 15 is 0 Å². The summed E-state index contributed by atoms with van der Waals surface area (Å²) >= 11 is 6.51. The Labute approximate surface area is 473 Å². The van der Waals surface area contributed by atoms with Crippen LogP contribution in [0.4, 0.5) is 21.5 Å². The van der Waals surface area contributed by atoms with Gasteiger partial charge in [0.2, 0.25) is 0 Å². The Kier molecular flexibility index (Phi) is 22.2. The summed E-state index contributed by atoms with van der Waals surface area (Å²) in [6, 6.07) is 30.3. The number of nitrogens with one attached hydrogen (secondary N) is 1. The van der Waals surface area contributed by atoms with Crippen molar-refractivity contribution in [3.05, 3.63) is 128 Å². The molecule has 6 heterocycles. The number of rotatable bonds is 6. The number of benzene rings is 4. The number of H-pyrrole nitrogens is 1. The fourth-order valence-electron chi connectivity index (χ4n) is 9.00. The average Bonchev–Trinajstić information content (AvgIpc) is 4.26. The van der Waals surface area contributed by atoms with Crippen LogP contribution in [0.25, 0.3) is 22.4 Å². The summed E-state index contributed by atoms with van der Waals surface area (Å²) in [5, 5.41) is 36.1. The minimum absolute atomic E-state index is 0. The summed E-state index contributed by atoms with van der Waals surface area (Å²) in [6.07, 6.45) is 10.5. The first kappa shape index (κ1) is 62.9. The molecule has 77 heavy (non-hydrogen) atoms. The van der Waals surface area contributed by atoms with Gasteiger partial charge in [-0.3, -0.25) is 4.79 Å². The van der Waals surface area contributed by atoms with Gasteiger partial charge in [0.25, 0.3) is 0 Å². The molecule has 0 aliphatic carbocycles. The Morgan fingerprint density at radius 3 is 1.55 bits per heavy atom. The van der Waals surface area contributed by atoms with E-state index in [1.54, 1.807) is 24.5 Å². The molecule has 17 heteroatoms. The fraction of sp³-hybridized carbons (Fsp3) is 0.417.